The quantitative estimate of drug-likeness (QED) is 0.346. The highest BCUT2D eigenvalue weighted by Gasteiger charge is 2.19. The number of aromatic nitrogens is 1. The van der Waals surface area contributed by atoms with Crippen molar-refractivity contribution >= 4 is 17.5 Å². The van der Waals surface area contributed by atoms with E-state index in [1.807, 2.05) is 43.3 Å². The number of rotatable bonds is 8. The third-order valence-corrected chi connectivity index (χ3v) is 5.77. The van der Waals surface area contributed by atoms with Crippen molar-refractivity contribution < 1.29 is 14.3 Å². The summed E-state index contributed by atoms with van der Waals surface area (Å²) in [5.74, 6) is 5.91. The molecule has 1 saturated carbocycles. The fourth-order valence-corrected chi connectivity index (χ4v) is 3.90. The van der Waals surface area contributed by atoms with Crippen LogP contribution in [0.3, 0.4) is 0 Å². The maximum Gasteiger partial charge on any atom is 0.244 e. The van der Waals surface area contributed by atoms with Crippen LogP contribution in [0.15, 0.2) is 48.2 Å². The molecule has 1 aliphatic carbocycles. The van der Waals surface area contributed by atoms with E-state index in [1.54, 1.807) is 13.1 Å². The summed E-state index contributed by atoms with van der Waals surface area (Å²) in [6.07, 6.45) is 5.99. The molecule has 1 fully saturated rings. The lowest BCUT2D eigenvalue weighted by atomic mass is 9.98. The van der Waals surface area contributed by atoms with Crippen LogP contribution in [0.5, 0.6) is 5.75 Å². The van der Waals surface area contributed by atoms with Gasteiger partial charge in [0.1, 0.15) is 5.75 Å². The SMILES string of the molecule is Cc1nc(/C(N)=C(\CC(=O)NNC(=O)Cc2ccccc2)N(C)N)ccc1OC1CCCCC1. The third kappa shape index (κ3) is 7.21. The summed E-state index contributed by atoms with van der Waals surface area (Å²) in [7, 11) is 1.59. The number of nitrogens with zero attached hydrogens (tertiary/aromatic N) is 2. The molecule has 0 bridgehead atoms. The van der Waals surface area contributed by atoms with Gasteiger partial charge in [0.2, 0.25) is 11.8 Å². The summed E-state index contributed by atoms with van der Waals surface area (Å²) in [6, 6.07) is 12.9. The first-order valence-corrected chi connectivity index (χ1v) is 11.6. The summed E-state index contributed by atoms with van der Waals surface area (Å²) in [5, 5.41) is 1.28. The number of carbonyl (C=O) groups is 2. The average Bonchev–Trinajstić information content (AvgIpc) is 2.83. The molecule has 182 valence electrons. The second kappa shape index (κ2) is 12.0. The van der Waals surface area contributed by atoms with E-state index < -0.39 is 5.91 Å². The van der Waals surface area contributed by atoms with Gasteiger partial charge in [0.05, 0.1) is 41.7 Å². The van der Waals surface area contributed by atoms with Gasteiger partial charge in [-0.2, -0.15) is 0 Å². The monoisotopic (exact) mass is 466 g/mol. The first-order valence-electron chi connectivity index (χ1n) is 11.6. The normalized spacial score (nSPS) is 14.7. The van der Waals surface area contributed by atoms with Crippen molar-refractivity contribution in [3.63, 3.8) is 0 Å². The van der Waals surface area contributed by atoms with Gasteiger partial charge in [-0.3, -0.25) is 20.4 Å². The van der Waals surface area contributed by atoms with E-state index in [9.17, 15) is 9.59 Å². The van der Waals surface area contributed by atoms with Gasteiger partial charge >= 0.3 is 0 Å². The Morgan fingerprint density at radius 3 is 2.38 bits per heavy atom. The summed E-state index contributed by atoms with van der Waals surface area (Å²) in [5.41, 5.74) is 13.9. The van der Waals surface area contributed by atoms with Crippen LogP contribution in [0.4, 0.5) is 0 Å². The summed E-state index contributed by atoms with van der Waals surface area (Å²) in [6.45, 7) is 1.87. The van der Waals surface area contributed by atoms with Crippen molar-refractivity contribution in [2.45, 2.75) is 58.0 Å². The lowest BCUT2D eigenvalue weighted by Crippen LogP contribution is -2.43. The van der Waals surface area contributed by atoms with E-state index in [4.69, 9.17) is 16.3 Å². The maximum atomic E-state index is 12.5. The van der Waals surface area contributed by atoms with Gasteiger partial charge in [0.15, 0.2) is 0 Å². The van der Waals surface area contributed by atoms with Crippen molar-refractivity contribution in [3.8, 4) is 5.75 Å². The van der Waals surface area contributed by atoms with Gasteiger partial charge in [-0.05, 0) is 50.3 Å². The van der Waals surface area contributed by atoms with Gasteiger partial charge in [-0.15, -0.1) is 0 Å². The number of hydrogen-bond acceptors (Lipinski definition) is 7. The topological polar surface area (TPSA) is 136 Å². The molecule has 1 aromatic carbocycles. The second-order valence-corrected chi connectivity index (χ2v) is 8.56. The minimum atomic E-state index is -0.453. The highest BCUT2D eigenvalue weighted by atomic mass is 16.5. The molecule has 6 N–H and O–H groups in total. The Hall–Kier alpha value is -3.59. The van der Waals surface area contributed by atoms with Crippen LogP contribution in [-0.4, -0.2) is 35.0 Å². The predicted molar refractivity (Wildman–Crippen MR) is 131 cm³/mol. The van der Waals surface area contributed by atoms with Crippen LogP contribution in [0.1, 0.15) is 55.5 Å². The van der Waals surface area contributed by atoms with Gasteiger partial charge in [-0.25, -0.2) is 10.8 Å². The Labute approximate surface area is 200 Å². The Bertz CT molecular complexity index is 1020. The molecule has 0 saturated heterocycles. The largest absolute Gasteiger partial charge is 0.489 e. The van der Waals surface area contributed by atoms with Gasteiger partial charge in [0, 0.05) is 7.05 Å². The molecule has 1 aliphatic rings. The van der Waals surface area contributed by atoms with Crippen LogP contribution in [-0.2, 0) is 16.0 Å². The molecule has 0 spiro atoms. The number of pyridine rings is 1. The second-order valence-electron chi connectivity index (χ2n) is 8.56. The highest BCUT2D eigenvalue weighted by Crippen LogP contribution is 2.26. The first-order chi connectivity index (χ1) is 16.3. The number of nitrogens with one attached hydrogen (secondary N) is 2. The number of hydrogen-bond donors (Lipinski definition) is 4. The number of carbonyl (C=O) groups excluding carboxylic acids is 2. The molecule has 1 heterocycles. The van der Waals surface area contributed by atoms with Crippen LogP contribution in [0.2, 0.25) is 0 Å². The molecule has 2 amide bonds. The number of benzene rings is 1. The summed E-state index contributed by atoms with van der Waals surface area (Å²) >= 11 is 0. The Balaban J connectivity index is 1.62. The fourth-order valence-electron chi connectivity index (χ4n) is 3.90. The van der Waals surface area contributed by atoms with Gasteiger partial charge in [-0.1, -0.05) is 36.8 Å². The van der Waals surface area contributed by atoms with Crippen LogP contribution in [0.25, 0.3) is 5.70 Å². The minimum absolute atomic E-state index is 0.133. The smallest absolute Gasteiger partial charge is 0.244 e. The summed E-state index contributed by atoms with van der Waals surface area (Å²) < 4.78 is 6.13. The molecular weight excluding hydrogens is 432 g/mol. The maximum absolute atomic E-state index is 12.5. The first kappa shape index (κ1) is 25.0. The molecular formula is C25H34N6O3. The van der Waals surface area contributed by atoms with Crippen LogP contribution >= 0.6 is 0 Å². The highest BCUT2D eigenvalue weighted by molar-refractivity contribution is 5.85. The van der Waals surface area contributed by atoms with Crippen LogP contribution < -0.4 is 27.2 Å². The minimum Gasteiger partial charge on any atom is -0.489 e. The van der Waals surface area contributed by atoms with Crippen molar-refractivity contribution in [1.82, 2.24) is 20.8 Å². The Morgan fingerprint density at radius 1 is 1.06 bits per heavy atom. The molecule has 34 heavy (non-hydrogen) atoms. The fraction of sp³-hybridized carbons (Fsp3) is 0.400. The molecule has 0 radical (unpaired) electrons. The zero-order chi connectivity index (χ0) is 24.5. The molecule has 1 aromatic heterocycles. The Kier molecular flexibility index (Phi) is 8.86. The van der Waals surface area contributed by atoms with E-state index in [0.29, 0.717) is 11.4 Å². The van der Waals surface area contributed by atoms with Crippen molar-refractivity contribution in [2.75, 3.05) is 7.05 Å². The lowest BCUT2D eigenvalue weighted by molar-refractivity contribution is -0.128. The number of aryl methyl sites for hydroxylation is 1. The molecule has 2 aromatic rings. The third-order valence-electron chi connectivity index (χ3n) is 5.77. The van der Waals surface area contributed by atoms with E-state index in [2.05, 4.69) is 15.8 Å². The zero-order valence-electron chi connectivity index (χ0n) is 19.8. The number of amides is 2. The molecule has 9 nitrogen and oxygen atoms in total. The average molecular weight is 467 g/mol. The van der Waals surface area contributed by atoms with E-state index >= 15 is 0 Å². The molecule has 3 rings (SSSR count). The number of nitrogens with two attached hydrogens (primary N) is 2. The standard InChI is InChI=1S/C25H34N6O3/c1-17-22(34-19-11-7-4-8-12-19)14-13-20(28-17)25(26)21(31(2)27)16-24(33)30-29-23(32)15-18-9-5-3-6-10-18/h3,5-6,9-10,13-14,19H,4,7-8,11-12,15-16,26-27H2,1-2H3,(H,29,32)(H,30,33)/b25-21-. The van der Waals surface area contributed by atoms with E-state index in [1.165, 1.54) is 24.3 Å². The molecule has 0 atom stereocenters. The number of hydrazine groups is 2. The van der Waals surface area contributed by atoms with Gasteiger partial charge < -0.3 is 15.5 Å². The van der Waals surface area contributed by atoms with Crippen molar-refractivity contribution in [3.05, 3.63) is 65.1 Å². The number of ether oxygens (including phenoxy) is 1. The van der Waals surface area contributed by atoms with E-state index in [0.717, 1.165) is 29.8 Å². The lowest BCUT2D eigenvalue weighted by Gasteiger charge is -2.24. The zero-order valence-corrected chi connectivity index (χ0v) is 19.8. The Morgan fingerprint density at radius 2 is 1.74 bits per heavy atom. The predicted octanol–water partition coefficient (Wildman–Crippen LogP) is 2.31. The van der Waals surface area contributed by atoms with Gasteiger partial charge in [0.25, 0.3) is 0 Å². The molecule has 9 heteroatoms. The van der Waals surface area contributed by atoms with E-state index in [-0.39, 0.29) is 30.5 Å². The summed E-state index contributed by atoms with van der Waals surface area (Å²) in [4.78, 5) is 29.1. The molecule has 0 unspecified atom stereocenters. The van der Waals surface area contributed by atoms with Crippen molar-refractivity contribution in [2.24, 2.45) is 11.6 Å². The molecule has 0 aliphatic heterocycles. The van der Waals surface area contributed by atoms with Crippen LogP contribution in [0, 0.1) is 6.92 Å². The van der Waals surface area contributed by atoms with Crippen molar-refractivity contribution in [1.29, 1.82) is 0 Å².